The van der Waals surface area contributed by atoms with Crippen LogP contribution in [0.2, 0.25) is 0 Å². The first-order valence-electron chi connectivity index (χ1n) is 4.68. The van der Waals surface area contributed by atoms with E-state index in [1.54, 1.807) is 37.4 Å². The zero-order valence-corrected chi connectivity index (χ0v) is 12.1. The molecule has 7 heteroatoms. The molecule has 0 aliphatic heterocycles. The normalized spacial score (nSPS) is 11.4. The summed E-state index contributed by atoms with van der Waals surface area (Å²) in [5.41, 5.74) is 1.28. The van der Waals surface area contributed by atoms with Crippen molar-refractivity contribution in [3.8, 4) is 0 Å². The third-order valence-corrected chi connectivity index (χ3v) is 5.46. The molecule has 0 unspecified atom stereocenters. The van der Waals surface area contributed by atoms with Gasteiger partial charge < -0.3 is 0 Å². The monoisotopic (exact) mass is 332 g/mol. The van der Waals surface area contributed by atoms with E-state index in [0.717, 1.165) is 9.48 Å². The van der Waals surface area contributed by atoms with Gasteiger partial charge in [-0.25, -0.2) is 8.42 Å². The predicted octanol–water partition coefficient (Wildman–Crippen LogP) is 3.01. The van der Waals surface area contributed by atoms with Gasteiger partial charge in [-0.1, -0.05) is 0 Å². The van der Waals surface area contributed by atoms with Crippen LogP contribution in [0.5, 0.6) is 0 Å². The van der Waals surface area contributed by atoms with Crippen LogP contribution in [0.1, 0.15) is 5.69 Å². The minimum Gasteiger partial charge on any atom is -0.279 e. The Labute approximate surface area is 112 Å². The molecule has 2 aromatic heterocycles. The lowest BCUT2D eigenvalue weighted by Crippen LogP contribution is -2.11. The molecule has 0 aliphatic rings. The molecule has 2 aromatic rings. The minimum absolute atomic E-state index is 0.277. The summed E-state index contributed by atoms with van der Waals surface area (Å²) in [6, 6.07) is 6.57. The van der Waals surface area contributed by atoms with Crippen molar-refractivity contribution in [1.82, 2.24) is 4.98 Å². The third kappa shape index (κ3) is 3.05. The Hall–Kier alpha value is -0.920. The average molecular weight is 333 g/mol. The van der Waals surface area contributed by atoms with Gasteiger partial charge in [-0.05, 0) is 47.1 Å². The van der Waals surface area contributed by atoms with Crippen molar-refractivity contribution in [1.29, 1.82) is 0 Å². The number of pyridine rings is 1. The van der Waals surface area contributed by atoms with Gasteiger partial charge in [0.05, 0.1) is 9.47 Å². The maximum Gasteiger partial charge on any atom is 0.271 e. The van der Waals surface area contributed by atoms with Crippen LogP contribution < -0.4 is 4.72 Å². The molecule has 4 nitrogen and oxygen atoms in total. The number of halogens is 1. The van der Waals surface area contributed by atoms with Crippen LogP contribution in [0, 0.1) is 6.92 Å². The molecule has 0 aliphatic carbocycles. The molecular weight excluding hydrogens is 324 g/mol. The molecule has 2 rings (SSSR count). The summed E-state index contributed by atoms with van der Waals surface area (Å²) < 4.78 is 27.5. The van der Waals surface area contributed by atoms with E-state index < -0.39 is 10.0 Å². The Morgan fingerprint density at radius 1 is 1.35 bits per heavy atom. The molecule has 0 atom stereocenters. The smallest absolute Gasteiger partial charge is 0.271 e. The van der Waals surface area contributed by atoms with Gasteiger partial charge in [0.1, 0.15) is 4.21 Å². The first kappa shape index (κ1) is 12.5. The van der Waals surface area contributed by atoms with Crippen molar-refractivity contribution < 1.29 is 8.42 Å². The van der Waals surface area contributed by atoms with E-state index in [1.165, 1.54) is 11.3 Å². The SMILES string of the molecule is Cc1cc(NS(=O)(=O)c2ccc(Br)s2)ccn1. The first-order chi connectivity index (χ1) is 7.97. The summed E-state index contributed by atoms with van der Waals surface area (Å²) >= 11 is 4.41. The molecule has 1 N–H and O–H groups in total. The van der Waals surface area contributed by atoms with Gasteiger partial charge in [0.15, 0.2) is 0 Å². The highest BCUT2D eigenvalue weighted by atomic mass is 79.9. The highest BCUT2D eigenvalue weighted by molar-refractivity contribution is 9.11. The zero-order chi connectivity index (χ0) is 12.5. The van der Waals surface area contributed by atoms with E-state index in [4.69, 9.17) is 0 Å². The van der Waals surface area contributed by atoms with Crippen molar-refractivity contribution in [2.75, 3.05) is 4.72 Å². The molecule has 0 radical (unpaired) electrons. The molecule has 0 spiro atoms. The van der Waals surface area contributed by atoms with Gasteiger partial charge in [0.25, 0.3) is 10.0 Å². The number of rotatable bonds is 3. The van der Waals surface area contributed by atoms with Crippen molar-refractivity contribution in [2.24, 2.45) is 0 Å². The lowest BCUT2D eigenvalue weighted by atomic mass is 10.3. The lowest BCUT2D eigenvalue weighted by molar-refractivity contribution is 0.603. The fourth-order valence-corrected chi connectivity index (χ4v) is 4.32. The second-order valence-electron chi connectivity index (χ2n) is 3.35. The van der Waals surface area contributed by atoms with Crippen molar-refractivity contribution in [3.63, 3.8) is 0 Å². The number of nitrogens with zero attached hydrogens (tertiary/aromatic N) is 1. The lowest BCUT2D eigenvalue weighted by Gasteiger charge is -2.06. The topological polar surface area (TPSA) is 59.1 Å². The summed E-state index contributed by atoms with van der Waals surface area (Å²) in [6.07, 6.45) is 1.57. The predicted molar refractivity (Wildman–Crippen MR) is 71.8 cm³/mol. The average Bonchev–Trinajstić information content (AvgIpc) is 2.65. The summed E-state index contributed by atoms with van der Waals surface area (Å²) in [4.78, 5) is 4.01. The second-order valence-corrected chi connectivity index (χ2v) is 7.72. The standard InChI is InChI=1S/C10H9BrN2O2S2/c1-7-6-8(4-5-12-7)13-17(14,15)10-3-2-9(11)16-10/h2-6H,1H3,(H,12,13). The first-order valence-corrected chi connectivity index (χ1v) is 7.77. The van der Waals surface area contributed by atoms with E-state index >= 15 is 0 Å². The maximum atomic E-state index is 12.0. The van der Waals surface area contributed by atoms with Crippen LogP contribution in [0.15, 0.2) is 38.5 Å². The molecule has 17 heavy (non-hydrogen) atoms. The van der Waals surface area contributed by atoms with E-state index in [0.29, 0.717) is 5.69 Å². The van der Waals surface area contributed by atoms with Crippen LogP contribution in [-0.4, -0.2) is 13.4 Å². The molecule has 2 heterocycles. The number of anilines is 1. The van der Waals surface area contributed by atoms with Crippen LogP contribution in [-0.2, 0) is 10.0 Å². The maximum absolute atomic E-state index is 12.0. The molecular formula is C10H9BrN2O2S2. The number of hydrogen-bond donors (Lipinski definition) is 1. The highest BCUT2D eigenvalue weighted by Gasteiger charge is 2.16. The van der Waals surface area contributed by atoms with Crippen molar-refractivity contribution in [2.45, 2.75) is 11.1 Å². The van der Waals surface area contributed by atoms with E-state index in [-0.39, 0.29) is 4.21 Å². The van der Waals surface area contributed by atoms with E-state index in [1.807, 2.05) is 0 Å². The number of thiophene rings is 1. The number of hydrogen-bond acceptors (Lipinski definition) is 4. The second kappa shape index (κ2) is 4.75. The Morgan fingerprint density at radius 3 is 2.71 bits per heavy atom. The Bertz CT molecular complexity index is 637. The Balaban J connectivity index is 2.29. The Morgan fingerprint density at radius 2 is 2.12 bits per heavy atom. The molecule has 0 saturated carbocycles. The van der Waals surface area contributed by atoms with Crippen LogP contribution >= 0.6 is 27.3 Å². The van der Waals surface area contributed by atoms with Crippen LogP contribution in [0.3, 0.4) is 0 Å². The summed E-state index contributed by atoms with van der Waals surface area (Å²) in [5.74, 6) is 0. The quantitative estimate of drug-likeness (QED) is 0.939. The van der Waals surface area contributed by atoms with Crippen molar-refractivity contribution in [3.05, 3.63) is 39.9 Å². The van der Waals surface area contributed by atoms with Gasteiger partial charge in [-0.3, -0.25) is 9.71 Å². The highest BCUT2D eigenvalue weighted by Crippen LogP contribution is 2.27. The van der Waals surface area contributed by atoms with E-state index in [2.05, 4.69) is 25.6 Å². The van der Waals surface area contributed by atoms with Gasteiger partial charge in [-0.15, -0.1) is 11.3 Å². The van der Waals surface area contributed by atoms with Gasteiger partial charge in [-0.2, -0.15) is 0 Å². The number of aromatic nitrogens is 1. The number of nitrogens with one attached hydrogen (secondary N) is 1. The zero-order valence-electron chi connectivity index (χ0n) is 8.84. The third-order valence-electron chi connectivity index (χ3n) is 1.96. The van der Waals surface area contributed by atoms with Gasteiger partial charge in [0.2, 0.25) is 0 Å². The summed E-state index contributed by atoms with van der Waals surface area (Å²) in [6.45, 7) is 1.81. The molecule has 0 amide bonds. The van der Waals surface area contributed by atoms with Crippen molar-refractivity contribution >= 4 is 43.0 Å². The molecule has 0 bridgehead atoms. The van der Waals surface area contributed by atoms with E-state index in [9.17, 15) is 8.42 Å². The fraction of sp³-hybridized carbons (Fsp3) is 0.100. The van der Waals surface area contributed by atoms with Crippen LogP contribution in [0.4, 0.5) is 5.69 Å². The molecule has 0 fully saturated rings. The minimum atomic E-state index is -3.50. The van der Waals surface area contributed by atoms with Gasteiger partial charge >= 0.3 is 0 Å². The number of sulfonamides is 1. The molecule has 90 valence electrons. The van der Waals surface area contributed by atoms with Gasteiger partial charge in [0, 0.05) is 11.9 Å². The number of aryl methyl sites for hydroxylation is 1. The summed E-state index contributed by atoms with van der Waals surface area (Å²) in [7, 11) is -3.50. The molecule has 0 saturated heterocycles. The summed E-state index contributed by atoms with van der Waals surface area (Å²) in [5, 5.41) is 0. The largest absolute Gasteiger partial charge is 0.279 e. The fourth-order valence-electron chi connectivity index (χ4n) is 1.26. The van der Waals surface area contributed by atoms with Crippen LogP contribution in [0.25, 0.3) is 0 Å². The molecule has 0 aromatic carbocycles. The Kier molecular flexibility index (Phi) is 3.50.